The summed E-state index contributed by atoms with van der Waals surface area (Å²) < 4.78 is 41.6. The van der Waals surface area contributed by atoms with Gasteiger partial charge in [0.15, 0.2) is 11.6 Å². The number of hydrogen-bond acceptors (Lipinski definition) is 1. The van der Waals surface area contributed by atoms with Crippen LogP contribution in [0.1, 0.15) is 30.5 Å². The second-order valence-electron chi connectivity index (χ2n) is 4.73. The minimum atomic E-state index is -1.17. The van der Waals surface area contributed by atoms with Crippen molar-refractivity contribution >= 4 is 22.6 Å². The summed E-state index contributed by atoms with van der Waals surface area (Å²) in [6.45, 7) is 2.63. The first-order valence-corrected chi connectivity index (χ1v) is 7.74. The fourth-order valence-corrected chi connectivity index (χ4v) is 2.71. The molecule has 2 aromatic carbocycles. The van der Waals surface area contributed by atoms with E-state index >= 15 is 0 Å². The topological polar surface area (TPSA) is 12.0 Å². The van der Waals surface area contributed by atoms with E-state index in [0.717, 1.165) is 21.6 Å². The summed E-state index contributed by atoms with van der Waals surface area (Å²) in [4.78, 5) is 0. The van der Waals surface area contributed by atoms with E-state index in [1.807, 2.05) is 31.2 Å². The van der Waals surface area contributed by atoms with Gasteiger partial charge in [-0.2, -0.15) is 0 Å². The van der Waals surface area contributed by atoms with Gasteiger partial charge in [-0.05, 0) is 59.3 Å². The van der Waals surface area contributed by atoms with Crippen molar-refractivity contribution in [3.63, 3.8) is 0 Å². The number of rotatable bonds is 5. The molecule has 0 aliphatic heterocycles. The first-order valence-electron chi connectivity index (χ1n) is 6.66. The van der Waals surface area contributed by atoms with Gasteiger partial charge in [-0.1, -0.05) is 19.1 Å². The summed E-state index contributed by atoms with van der Waals surface area (Å²) in [5.41, 5.74) is 0.935. The lowest BCUT2D eigenvalue weighted by molar-refractivity contribution is 0.479. The van der Waals surface area contributed by atoms with Crippen LogP contribution in [-0.2, 0) is 0 Å². The third kappa shape index (κ3) is 3.97. The minimum absolute atomic E-state index is 0.115. The molecule has 1 nitrogen and oxygen atoms in total. The van der Waals surface area contributed by atoms with Gasteiger partial charge < -0.3 is 5.32 Å². The Morgan fingerprint density at radius 3 is 2.43 bits per heavy atom. The molecule has 0 heterocycles. The fraction of sp³-hybridized carbons (Fsp3) is 0.250. The summed E-state index contributed by atoms with van der Waals surface area (Å²) in [5, 5.41) is 3.18. The van der Waals surface area contributed by atoms with E-state index in [1.165, 1.54) is 0 Å². The van der Waals surface area contributed by atoms with Gasteiger partial charge >= 0.3 is 0 Å². The van der Waals surface area contributed by atoms with Gasteiger partial charge in [0.2, 0.25) is 0 Å². The van der Waals surface area contributed by atoms with Crippen molar-refractivity contribution in [2.45, 2.75) is 19.4 Å². The van der Waals surface area contributed by atoms with E-state index in [0.29, 0.717) is 12.6 Å². The Morgan fingerprint density at radius 1 is 1.05 bits per heavy atom. The Bertz CT molecular complexity index is 631. The van der Waals surface area contributed by atoms with Gasteiger partial charge in [-0.3, -0.25) is 0 Å². The van der Waals surface area contributed by atoms with Gasteiger partial charge in [0.1, 0.15) is 5.82 Å². The zero-order valence-corrected chi connectivity index (χ0v) is 13.6. The van der Waals surface area contributed by atoms with Gasteiger partial charge in [0, 0.05) is 15.2 Å². The molecule has 0 spiro atoms. The van der Waals surface area contributed by atoms with E-state index in [1.54, 1.807) is 0 Å². The van der Waals surface area contributed by atoms with Crippen LogP contribution in [0, 0.1) is 21.0 Å². The maximum absolute atomic E-state index is 14.0. The van der Waals surface area contributed by atoms with Crippen LogP contribution in [0.4, 0.5) is 13.2 Å². The molecule has 0 saturated heterocycles. The largest absolute Gasteiger partial charge is 0.306 e. The average molecular weight is 405 g/mol. The molecule has 0 aliphatic rings. The molecule has 0 radical (unpaired) electrons. The molecule has 0 fully saturated rings. The smallest absolute Gasteiger partial charge is 0.161 e. The number of hydrogen-bond donors (Lipinski definition) is 1. The third-order valence-corrected chi connectivity index (χ3v) is 3.80. The van der Waals surface area contributed by atoms with Crippen molar-refractivity contribution in [2.24, 2.45) is 0 Å². The van der Waals surface area contributed by atoms with Crippen LogP contribution in [0.5, 0.6) is 0 Å². The highest BCUT2D eigenvalue weighted by Crippen LogP contribution is 2.27. The normalized spacial score (nSPS) is 12.4. The van der Waals surface area contributed by atoms with Crippen LogP contribution in [0.3, 0.4) is 0 Å². The quantitative estimate of drug-likeness (QED) is 0.557. The molecule has 0 saturated carbocycles. The molecule has 0 bridgehead atoms. The second kappa shape index (κ2) is 7.26. The van der Waals surface area contributed by atoms with E-state index in [2.05, 4.69) is 27.9 Å². The SMILES string of the molecule is CCCNC(c1cccc(I)c1)c1cc(F)c(F)cc1F. The molecule has 2 rings (SSSR count). The Balaban J connectivity index is 2.47. The zero-order valence-electron chi connectivity index (χ0n) is 11.5. The third-order valence-electron chi connectivity index (χ3n) is 3.13. The monoisotopic (exact) mass is 405 g/mol. The fourth-order valence-electron chi connectivity index (χ4n) is 2.14. The molecule has 1 N–H and O–H groups in total. The van der Waals surface area contributed by atoms with Crippen LogP contribution < -0.4 is 5.32 Å². The van der Waals surface area contributed by atoms with Crippen molar-refractivity contribution < 1.29 is 13.2 Å². The van der Waals surface area contributed by atoms with Crippen molar-refractivity contribution in [3.8, 4) is 0 Å². The van der Waals surface area contributed by atoms with Gasteiger partial charge in [-0.15, -0.1) is 0 Å². The van der Waals surface area contributed by atoms with Crippen LogP contribution >= 0.6 is 22.6 Å². The summed E-state index contributed by atoms with van der Waals surface area (Å²) >= 11 is 2.16. The first-order chi connectivity index (χ1) is 10.0. The van der Waals surface area contributed by atoms with E-state index in [-0.39, 0.29) is 5.56 Å². The zero-order chi connectivity index (χ0) is 15.4. The predicted octanol–water partition coefficient (Wildman–Crippen LogP) is 4.80. The summed E-state index contributed by atoms with van der Waals surface area (Å²) in [6.07, 6.45) is 0.853. The molecule has 2 aromatic rings. The molecule has 0 aliphatic carbocycles. The molecule has 1 atom stereocenters. The Morgan fingerprint density at radius 2 is 1.76 bits per heavy atom. The Labute approximate surface area is 135 Å². The lowest BCUT2D eigenvalue weighted by Crippen LogP contribution is -2.24. The summed E-state index contributed by atoms with van der Waals surface area (Å²) in [7, 11) is 0. The number of halogens is 4. The molecule has 1 unspecified atom stereocenters. The summed E-state index contributed by atoms with van der Waals surface area (Å²) in [6, 6.07) is 8.54. The van der Waals surface area contributed by atoms with Crippen molar-refractivity contribution in [3.05, 3.63) is 68.5 Å². The van der Waals surface area contributed by atoms with E-state index < -0.39 is 23.5 Å². The molecule has 5 heteroatoms. The number of nitrogens with one attached hydrogen (secondary N) is 1. The summed E-state index contributed by atoms with van der Waals surface area (Å²) in [5.74, 6) is -2.96. The van der Waals surface area contributed by atoms with E-state index in [9.17, 15) is 13.2 Å². The standard InChI is InChI=1S/C16H15F3IN/c1-2-6-21-16(10-4-3-5-11(20)7-10)12-8-14(18)15(19)9-13(12)17/h3-5,7-9,16,21H,2,6H2,1H3. The first kappa shape index (κ1) is 16.3. The highest BCUT2D eigenvalue weighted by Gasteiger charge is 2.20. The second-order valence-corrected chi connectivity index (χ2v) is 5.98. The van der Waals surface area contributed by atoms with Crippen LogP contribution in [0.2, 0.25) is 0 Å². The maximum atomic E-state index is 14.0. The van der Waals surface area contributed by atoms with Crippen LogP contribution in [0.15, 0.2) is 36.4 Å². The molecule has 0 amide bonds. The predicted molar refractivity (Wildman–Crippen MR) is 85.6 cm³/mol. The lowest BCUT2D eigenvalue weighted by atomic mass is 9.97. The van der Waals surface area contributed by atoms with Crippen LogP contribution in [0.25, 0.3) is 0 Å². The van der Waals surface area contributed by atoms with Gasteiger partial charge in [0.05, 0.1) is 6.04 Å². The van der Waals surface area contributed by atoms with Crippen molar-refractivity contribution in [2.75, 3.05) is 6.54 Å². The molecule has 112 valence electrons. The number of benzene rings is 2. The van der Waals surface area contributed by atoms with Crippen LogP contribution in [-0.4, -0.2) is 6.54 Å². The van der Waals surface area contributed by atoms with Gasteiger partial charge in [-0.25, -0.2) is 13.2 Å². The maximum Gasteiger partial charge on any atom is 0.161 e. The van der Waals surface area contributed by atoms with Gasteiger partial charge in [0.25, 0.3) is 0 Å². The van der Waals surface area contributed by atoms with E-state index in [4.69, 9.17) is 0 Å². The Kier molecular flexibility index (Phi) is 5.64. The molecule has 0 aromatic heterocycles. The van der Waals surface area contributed by atoms with Crippen molar-refractivity contribution in [1.29, 1.82) is 0 Å². The highest BCUT2D eigenvalue weighted by molar-refractivity contribution is 14.1. The molecular weight excluding hydrogens is 390 g/mol. The average Bonchev–Trinajstić information content (AvgIpc) is 2.44. The Hall–Kier alpha value is -1.08. The van der Waals surface area contributed by atoms with Crippen molar-refractivity contribution in [1.82, 2.24) is 5.32 Å². The lowest BCUT2D eigenvalue weighted by Gasteiger charge is -2.20. The highest BCUT2D eigenvalue weighted by atomic mass is 127. The molecule has 21 heavy (non-hydrogen) atoms. The minimum Gasteiger partial charge on any atom is -0.306 e. The molecular formula is C16H15F3IN.